The molecule has 0 fully saturated rings. The average Bonchev–Trinajstić information content (AvgIpc) is 2.29. The second-order valence-electron chi connectivity index (χ2n) is 3.47. The summed E-state index contributed by atoms with van der Waals surface area (Å²) in [4.78, 5) is 0. The molecule has 0 spiro atoms. The van der Waals surface area contributed by atoms with Crippen molar-refractivity contribution in [3.63, 3.8) is 0 Å². The van der Waals surface area contributed by atoms with Crippen molar-refractivity contribution >= 4 is 18.9 Å². The van der Waals surface area contributed by atoms with Crippen LogP contribution in [0, 0.1) is 0 Å². The Morgan fingerprint density at radius 2 is 0.867 bits per heavy atom. The molecule has 2 rings (SSSR count). The molecular weight excluding hydrogens is 175 g/mol. The van der Waals surface area contributed by atoms with Crippen molar-refractivity contribution in [2.75, 3.05) is 0 Å². The van der Waals surface area contributed by atoms with Crippen LogP contribution in [0.3, 0.4) is 0 Å². The van der Waals surface area contributed by atoms with Gasteiger partial charge >= 0.3 is 18.9 Å². The van der Waals surface area contributed by atoms with E-state index >= 15 is 0 Å². The average molecular weight is 190 g/mol. The maximum Gasteiger partial charge on any atom is -0.0238 e. The molecule has 0 N–H and O–H groups in total. The monoisotopic (exact) mass is 190 g/mol. The third kappa shape index (κ3) is 3.96. The van der Waals surface area contributed by atoms with Gasteiger partial charge < -0.3 is 0 Å². The smallest absolute Gasteiger partial charge is 0.0238 e. The number of benzene rings is 2. The molecule has 0 aliphatic heterocycles. The molecule has 0 aliphatic carbocycles. The van der Waals surface area contributed by atoms with Gasteiger partial charge in [-0.3, -0.25) is 0 Å². The first-order chi connectivity index (χ1) is 6.95. The van der Waals surface area contributed by atoms with Gasteiger partial charge in [-0.25, -0.2) is 0 Å². The zero-order valence-electron chi connectivity index (χ0n) is 8.19. The van der Waals surface area contributed by atoms with Crippen LogP contribution < -0.4 is 0 Å². The standard InChI is InChI=1S/C14H14.Li.H/c1-3-7-13(8-4-1)11-12-14-9-5-2-6-10-14;;/h1-10H,11-12H2;;. The van der Waals surface area contributed by atoms with Crippen molar-refractivity contribution in [3.8, 4) is 0 Å². The topological polar surface area (TPSA) is 0 Å². The fourth-order valence-electron chi connectivity index (χ4n) is 1.58. The first kappa shape index (κ1) is 12.1. The molecule has 0 amide bonds. The van der Waals surface area contributed by atoms with Gasteiger partial charge in [-0.1, -0.05) is 60.7 Å². The van der Waals surface area contributed by atoms with E-state index in [0.29, 0.717) is 0 Å². The van der Waals surface area contributed by atoms with Gasteiger partial charge in [0.1, 0.15) is 0 Å². The Hall–Kier alpha value is -0.963. The summed E-state index contributed by atoms with van der Waals surface area (Å²) in [6, 6.07) is 21.2. The Labute approximate surface area is 104 Å². The van der Waals surface area contributed by atoms with E-state index in [0.717, 1.165) is 12.8 Å². The van der Waals surface area contributed by atoms with Gasteiger partial charge in [0.25, 0.3) is 0 Å². The van der Waals surface area contributed by atoms with Gasteiger partial charge in [-0.05, 0) is 24.0 Å². The molecule has 0 radical (unpaired) electrons. The second kappa shape index (κ2) is 6.51. The van der Waals surface area contributed by atoms with Crippen LogP contribution in [-0.4, -0.2) is 18.9 Å². The molecule has 72 valence electrons. The first-order valence-electron chi connectivity index (χ1n) is 5.03. The van der Waals surface area contributed by atoms with Crippen LogP contribution in [0.2, 0.25) is 0 Å². The summed E-state index contributed by atoms with van der Waals surface area (Å²) in [6.45, 7) is 0. The first-order valence-corrected chi connectivity index (χ1v) is 5.03. The molecule has 2 aromatic rings. The maximum atomic E-state index is 2.18. The van der Waals surface area contributed by atoms with Crippen molar-refractivity contribution in [2.24, 2.45) is 0 Å². The Morgan fingerprint density at radius 3 is 1.20 bits per heavy atom. The molecule has 0 saturated heterocycles. The summed E-state index contributed by atoms with van der Waals surface area (Å²) in [5.74, 6) is 0. The van der Waals surface area contributed by atoms with Crippen molar-refractivity contribution in [1.82, 2.24) is 0 Å². The van der Waals surface area contributed by atoms with Crippen molar-refractivity contribution in [2.45, 2.75) is 12.8 Å². The summed E-state index contributed by atoms with van der Waals surface area (Å²) < 4.78 is 0. The van der Waals surface area contributed by atoms with Crippen LogP contribution in [0.1, 0.15) is 11.1 Å². The van der Waals surface area contributed by atoms with Crippen molar-refractivity contribution < 1.29 is 0 Å². The van der Waals surface area contributed by atoms with E-state index in [4.69, 9.17) is 0 Å². The largest absolute Gasteiger partial charge is 0.0622 e. The third-order valence-corrected chi connectivity index (χ3v) is 2.39. The van der Waals surface area contributed by atoms with Gasteiger partial charge in [-0.2, -0.15) is 0 Å². The molecule has 0 atom stereocenters. The third-order valence-electron chi connectivity index (χ3n) is 2.39. The fraction of sp³-hybridized carbons (Fsp3) is 0.143. The summed E-state index contributed by atoms with van der Waals surface area (Å²) in [5, 5.41) is 0. The van der Waals surface area contributed by atoms with Gasteiger partial charge in [0.15, 0.2) is 0 Å². The van der Waals surface area contributed by atoms with E-state index < -0.39 is 0 Å². The number of rotatable bonds is 3. The molecule has 1 heteroatoms. The minimum Gasteiger partial charge on any atom is -0.0622 e. The normalized spacial score (nSPS) is 9.33. The Bertz CT molecular complexity index is 328. The van der Waals surface area contributed by atoms with E-state index in [2.05, 4.69) is 60.7 Å². The Kier molecular flexibility index (Phi) is 5.25. The molecule has 0 bridgehead atoms. The van der Waals surface area contributed by atoms with E-state index in [1.165, 1.54) is 11.1 Å². The minimum atomic E-state index is 0. The molecule has 0 aliphatic rings. The molecule has 0 saturated carbocycles. The minimum absolute atomic E-state index is 0. The molecule has 0 unspecified atom stereocenters. The van der Waals surface area contributed by atoms with E-state index in [1.807, 2.05) is 0 Å². The van der Waals surface area contributed by atoms with Crippen LogP contribution in [0.15, 0.2) is 60.7 Å². The predicted octanol–water partition coefficient (Wildman–Crippen LogP) is 2.82. The van der Waals surface area contributed by atoms with Gasteiger partial charge in [0.05, 0.1) is 0 Å². The Morgan fingerprint density at radius 1 is 0.533 bits per heavy atom. The number of hydrogen-bond acceptors (Lipinski definition) is 0. The quantitative estimate of drug-likeness (QED) is 0.653. The van der Waals surface area contributed by atoms with Crippen molar-refractivity contribution in [3.05, 3.63) is 71.8 Å². The zero-order valence-corrected chi connectivity index (χ0v) is 8.19. The molecule has 0 nitrogen and oxygen atoms in total. The van der Waals surface area contributed by atoms with Gasteiger partial charge in [0, 0.05) is 0 Å². The van der Waals surface area contributed by atoms with Crippen molar-refractivity contribution in [1.29, 1.82) is 0 Å². The SMILES string of the molecule is [LiH].c1ccc(CCc2ccccc2)cc1. The molecule has 2 aromatic carbocycles. The predicted molar refractivity (Wildman–Crippen MR) is 67.4 cm³/mol. The number of hydrogen-bond donors (Lipinski definition) is 0. The summed E-state index contributed by atoms with van der Waals surface area (Å²) in [6.07, 6.45) is 2.26. The Balaban J connectivity index is 0.00000112. The van der Waals surface area contributed by atoms with Gasteiger partial charge in [0.2, 0.25) is 0 Å². The molecule has 15 heavy (non-hydrogen) atoms. The summed E-state index contributed by atoms with van der Waals surface area (Å²) >= 11 is 0. The second-order valence-corrected chi connectivity index (χ2v) is 3.47. The molecular formula is C14H15Li. The van der Waals surface area contributed by atoms with Crippen LogP contribution in [0.4, 0.5) is 0 Å². The van der Waals surface area contributed by atoms with E-state index in [9.17, 15) is 0 Å². The van der Waals surface area contributed by atoms with Crippen LogP contribution in [0.25, 0.3) is 0 Å². The molecule has 0 aromatic heterocycles. The number of aryl methyl sites for hydroxylation is 2. The fourth-order valence-corrected chi connectivity index (χ4v) is 1.58. The van der Waals surface area contributed by atoms with Crippen LogP contribution in [-0.2, 0) is 12.8 Å². The molecule has 0 heterocycles. The zero-order chi connectivity index (χ0) is 9.64. The van der Waals surface area contributed by atoms with E-state index in [1.54, 1.807) is 0 Å². The maximum absolute atomic E-state index is 2.18. The summed E-state index contributed by atoms with van der Waals surface area (Å²) in [7, 11) is 0. The van der Waals surface area contributed by atoms with Gasteiger partial charge in [-0.15, -0.1) is 0 Å². The summed E-state index contributed by atoms with van der Waals surface area (Å²) in [5.41, 5.74) is 2.83. The van der Waals surface area contributed by atoms with Crippen LogP contribution >= 0.6 is 0 Å². The van der Waals surface area contributed by atoms with Crippen LogP contribution in [0.5, 0.6) is 0 Å². The van der Waals surface area contributed by atoms with E-state index in [-0.39, 0.29) is 18.9 Å².